The highest BCUT2D eigenvalue weighted by atomic mass is 19.1. The largest absolute Gasteiger partial charge is 0.465 e. The van der Waals surface area contributed by atoms with E-state index in [0.29, 0.717) is 5.69 Å². The number of pyridine rings is 1. The van der Waals surface area contributed by atoms with Crippen molar-refractivity contribution in [3.05, 3.63) is 72.4 Å². The molecule has 1 heterocycles. The maximum absolute atomic E-state index is 13.5. The fourth-order valence-electron chi connectivity index (χ4n) is 3.81. The summed E-state index contributed by atoms with van der Waals surface area (Å²) in [6, 6.07) is 19.2. The fraction of sp³-hybridized carbons (Fsp3) is 0.182. The first-order chi connectivity index (χ1) is 13.5. The van der Waals surface area contributed by atoms with Crippen molar-refractivity contribution in [3.63, 3.8) is 0 Å². The smallest absolute Gasteiger partial charge is 0.405 e. The number of halogens is 1. The minimum atomic E-state index is -1.15. The summed E-state index contributed by atoms with van der Waals surface area (Å²) in [5.41, 5.74) is 10.00. The summed E-state index contributed by atoms with van der Waals surface area (Å²) in [6.45, 7) is 0. The van der Waals surface area contributed by atoms with Crippen molar-refractivity contribution in [2.45, 2.75) is 24.6 Å². The van der Waals surface area contributed by atoms with Crippen LogP contribution < -0.4 is 11.1 Å². The second kappa shape index (κ2) is 6.96. The highest BCUT2D eigenvalue weighted by Gasteiger charge is 2.47. The SMILES string of the molecule is Nc1cnc(-c2ccc(C3(NC(=O)O)CC(F)C3)cc2)c(-c2ccccc2)c1. The Balaban J connectivity index is 1.71. The predicted molar refractivity (Wildman–Crippen MR) is 106 cm³/mol. The molecule has 0 radical (unpaired) electrons. The van der Waals surface area contributed by atoms with Crippen molar-refractivity contribution in [1.82, 2.24) is 10.3 Å². The second-order valence-electron chi connectivity index (χ2n) is 7.13. The molecular weight excluding hydrogens is 357 g/mol. The topological polar surface area (TPSA) is 88.2 Å². The number of rotatable bonds is 4. The molecule has 1 aromatic heterocycles. The number of carbonyl (C=O) groups is 1. The van der Waals surface area contributed by atoms with E-state index in [2.05, 4.69) is 10.3 Å². The van der Waals surface area contributed by atoms with Gasteiger partial charge in [0.2, 0.25) is 0 Å². The van der Waals surface area contributed by atoms with Gasteiger partial charge in [-0.15, -0.1) is 0 Å². The van der Waals surface area contributed by atoms with Crippen LogP contribution >= 0.6 is 0 Å². The molecule has 142 valence electrons. The number of nitrogens with zero attached hydrogens (tertiary/aromatic N) is 1. The van der Waals surface area contributed by atoms with Gasteiger partial charge in [-0.1, -0.05) is 54.6 Å². The van der Waals surface area contributed by atoms with Crippen LogP contribution in [0.1, 0.15) is 18.4 Å². The Hall–Kier alpha value is -3.41. The number of nitrogens with one attached hydrogen (secondary N) is 1. The third-order valence-electron chi connectivity index (χ3n) is 5.19. The Morgan fingerprint density at radius 3 is 2.39 bits per heavy atom. The molecule has 6 heteroatoms. The molecule has 3 aromatic rings. The zero-order chi connectivity index (χ0) is 19.7. The van der Waals surface area contributed by atoms with Gasteiger partial charge in [-0.05, 0) is 17.2 Å². The molecule has 0 atom stereocenters. The molecule has 4 rings (SSSR count). The van der Waals surface area contributed by atoms with Gasteiger partial charge < -0.3 is 16.2 Å². The Kier molecular flexibility index (Phi) is 4.47. The predicted octanol–water partition coefficient (Wildman–Crippen LogP) is 4.59. The molecule has 4 N–H and O–H groups in total. The maximum atomic E-state index is 13.5. The number of hydrogen-bond donors (Lipinski definition) is 3. The van der Waals surface area contributed by atoms with Crippen molar-refractivity contribution < 1.29 is 14.3 Å². The monoisotopic (exact) mass is 377 g/mol. The first kappa shape index (κ1) is 18.0. The van der Waals surface area contributed by atoms with Crippen LogP contribution in [0, 0.1) is 0 Å². The summed E-state index contributed by atoms with van der Waals surface area (Å²) < 4.78 is 13.5. The molecule has 1 aliphatic carbocycles. The molecule has 1 aliphatic rings. The van der Waals surface area contributed by atoms with Crippen LogP contribution in [-0.2, 0) is 5.54 Å². The minimum absolute atomic E-state index is 0.147. The van der Waals surface area contributed by atoms with Gasteiger partial charge in [0.15, 0.2) is 0 Å². The number of nitrogens with two attached hydrogens (primary N) is 1. The van der Waals surface area contributed by atoms with Crippen LogP contribution in [0.25, 0.3) is 22.4 Å². The van der Waals surface area contributed by atoms with E-state index in [-0.39, 0.29) is 12.8 Å². The number of anilines is 1. The van der Waals surface area contributed by atoms with Crippen molar-refractivity contribution in [2.75, 3.05) is 5.73 Å². The summed E-state index contributed by atoms with van der Waals surface area (Å²) in [4.78, 5) is 15.7. The van der Waals surface area contributed by atoms with E-state index in [1.807, 2.05) is 60.7 Å². The molecule has 28 heavy (non-hydrogen) atoms. The van der Waals surface area contributed by atoms with Gasteiger partial charge in [0.1, 0.15) is 6.17 Å². The zero-order valence-corrected chi connectivity index (χ0v) is 15.1. The summed E-state index contributed by atoms with van der Waals surface area (Å²) >= 11 is 0. The Morgan fingerprint density at radius 2 is 1.79 bits per heavy atom. The Bertz CT molecular complexity index is 1000. The number of carboxylic acid groups (broad SMARTS) is 1. The molecule has 1 fully saturated rings. The standard InChI is InChI=1S/C22H20FN3O2/c23-17-11-22(12-17,26-21(27)28)16-8-6-15(7-9-16)20-19(10-18(24)13-25-20)14-4-2-1-3-5-14/h1-10,13,17,26H,11-12,24H2,(H,27,28). The third kappa shape index (κ3) is 3.29. The quantitative estimate of drug-likeness (QED) is 0.620. The van der Waals surface area contributed by atoms with Crippen LogP contribution in [-0.4, -0.2) is 22.4 Å². The number of amides is 1. The lowest BCUT2D eigenvalue weighted by Gasteiger charge is -2.44. The summed E-state index contributed by atoms with van der Waals surface area (Å²) in [5, 5.41) is 11.6. The first-order valence-electron chi connectivity index (χ1n) is 9.04. The van der Waals surface area contributed by atoms with Crippen molar-refractivity contribution in [3.8, 4) is 22.4 Å². The van der Waals surface area contributed by atoms with Crippen molar-refractivity contribution in [1.29, 1.82) is 0 Å². The van der Waals surface area contributed by atoms with Gasteiger partial charge in [-0.25, -0.2) is 9.18 Å². The average Bonchev–Trinajstić information content (AvgIpc) is 2.67. The number of nitrogen functional groups attached to an aromatic ring is 1. The summed E-state index contributed by atoms with van der Waals surface area (Å²) in [7, 11) is 0. The molecule has 1 amide bonds. The van der Waals surface area contributed by atoms with Crippen LogP contribution in [0.3, 0.4) is 0 Å². The molecule has 0 aliphatic heterocycles. The van der Waals surface area contributed by atoms with E-state index in [1.54, 1.807) is 6.20 Å². The molecule has 0 bridgehead atoms. The Morgan fingerprint density at radius 1 is 1.11 bits per heavy atom. The molecule has 0 spiro atoms. The van der Waals surface area contributed by atoms with Gasteiger partial charge in [-0.3, -0.25) is 4.98 Å². The second-order valence-corrected chi connectivity index (χ2v) is 7.13. The fourth-order valence-corrected chi connectivity index (χ4v) is 3.81. The van der Waals surface area contributed by atoms with Crippen molar-refractivity contribution in [2.24, 2.45) is 0 Å². The average molecular weight is 377 g/mol. The number of benzene rings is 2. The van der Waals surface area contributed by atoms with Crippen LogP contribution in [0.2, 0.25) is 0 Å². The lowest BCUT2D eigenvalue weighted by atomic mass is 9.70. The highest BCUT2D eigenvalue weighted by Crippen LogP contribution is 2.44. The third-order valence-corrected chi connectivity index (χ3v) is 5.19. The molecule has 0 unspecified atom stereocenters. The van der Waals surface area contributed by atoms with E-state index in [0.717, 1.165) is 27.9 Å². The van der Waals surface area contributed by atoms with E-state index < -0.39 is 17.8 Å². The van der Waals surface area contributed by atoms with Crippen LogP contribution in [0.15, 0.2) is 66.9 Å². The number of aromatic nitrogens is 1. The molecular formula is C22H20FN3O2. The summed E-state index contributed by atoms with van der Waals surface area (Å²) in [6.07, 6.45) is -0.234. The van der Waals surface area contributed by atoms with Gasteiger partial charge in [-0.2, -0.15) is 0 Å². The Labute approximate surface area is 162 Å². The van der Waals surface area contributed by atoms with E-state index in [1.165, 1.54) is 0 Å². The van der Waals surface area contributed by atoms with E-state index in [9.17, 15) is 9.18 Å². The van der Waals surface area contributed by atoms with E-state index in [4.69, 9.17) is 10.8 Å². The zero-order valence-electron chi connectivity index (χ0n) is 15.1. The summed E-state index contributed by atoms with van der Waals surface area (Å²) in [5.74, 6) is 0. The maximum Gasteiger partial charge on any atom is 0.405 e. The lowest BCUT2D eigenvalue weighted by Crippen LogP contribution is -2.55. The van der Waals surface area contributed by atoms with Gasteiger partial charge in [0.25, 0.3) is 0 Å². The number of alkyl halides is 1. The molecule has 5 nitrogen and oxygen atoms in total. The molecule has 0 saturated heterocycles. The van der Waals surface area contributed by atoms with Crippen LogP contribution in [0.4, 0.5) is 14.9 Å². The molecule has 2 aromatic carbocycles. The lowest BCUT2D eigenvalue weighted by molar-refractivity contribution is 0.0640. The van der Waals surface area contributed by atoms with E-state index >= 15 is 0 Å². The van der Waals surface area contributed by atoms with Crippen molar-refractivity contribution >= 4 is 11.8 Å². The molecule has 1 saturated carbocycles. The van der Waals surface area contributed by atoms with Crippen LogP contribution in [0.5, 0.6) is 0 Å². The highest BCUT2D eigenvalue weighted by molar-refractivity contribution is 5.82. The van der Waals surface area contributed by atoms with Gasteiger partial charge in [0.05, 0.1) is 23.1 Å². The minimum Gasteiger partial charge on any atom is -0.465 e. The first-order valence-corrected chi connectivity index (χ1v) is 9.04. The normalized spacial score (nSPS) is 21.0. The van der Waals surface area contributed by atoms with Gasteiger partial charge in [0, 0.05) is 24.0 Å². The van der Waals surface area contributed by atoms with Gasteiger partial charge >= 0.3 is 6.09 Å². The number of hydrogen-bond acceptors (Lipinski definition) is 3.